The van der Waals surface area contributed by atoms with Crippen LogP contribution in [-0.2, 0) is 33.9 Å². The van der Waals surface area contributed by atoms with Crippen molar-refractivity contribution in [2.75, 3.05) is 13.6 Å². The van der Waals surface area contributed by atoms with Gasteiger partial charge >= 0.3 is 12.1 Å². The van der Waals surface area contributed by atoms with Crippen LogP contribution in [0, 0.1) is 34.9 Å². The minimum atomic E-state index is -4.92. The van der Waals surface area contributed by atoms with Crippen LogP contribution in [0.5, 0.6) is 11.6 Å². The molecular weight excluding hydrogens is 799 g/mol. The minimum absolute atomic E-state index is 0.0417. The van der Waals surface area contributed by atoms with Crippen molar-refractivity contribution in [2.45, 2.75) is 127 Å². The Morgan fingerprint density at radius 2 is 1.88 bits per heavy atom. The number of benzene rings is 1. The third-order valence-electron chi connectivity index (χ3n) is 12.7. The first-order valence-corrected chi connectivity index (χ1v) is 21.5. The van der Waals surface area contributed by atoms with Crippen molar-refractivity contribution in [1.29, 1.82) is 0 Å². The summed E-state index contributed by atoms with van der Waals surface area (Å²) in [4.78, 5) is 62.5. The second-order valence-corrected chi connectivity index (χ2v) is 19.7. The smallest absolute Gasteiger partial charge is 0.427 e. The largest absolute Gasteiger partial charge is 0.494 e. The van der Waals surface area contributed by atoms with Crippen molar-refractivity contribution in [3.05, 3.63) is 42.4 Å². The molecule has 1 aromatic heterocycles. The molecule has 0 radical (unpaired) electrons. The first-order valence-electron chi connectivity index (χ1n) is 21.5. The zero-order chi connectivity index (χ0) is 45.8. The van der Waals surface area contributed by atoms with Gasteiger partial charge in [0.2, 0.25) is 33.3 Å². The molecule has 324 valence electrons. The molecule has 1 N–H and O–H groups in total. The van der Waals surface area contributed by atoms with Crippen LogP contribution in [0.4, 0.5) is 17.6 Å². The number of carbonyl (C=O) groups excluding carboxylic acids is 4. The normalized spacial score (nSPS) is 30.3. The maximum Gasteiger partial charge on any atom is 0.427 e. The fourth-order valence-electron chi connectivity index (χ4n) is 8.38. The Labute approximate surface area is 346 Å². The average molecular weight is 855 g/mol. The summed E-state index contributed by atoms with van der Waals surface area (Å²) in [5.74, 6) is -7.47. The summed E-state index contributed by atoms with van der Waals surface area (Å²) in [6, 6.07) is 2.28. The molecule has 1 aromatic carbocycles. The monoisotopic (exact) mass is 854 g/mol. The molecule has 2 aliphatic heterocycles. The molecule has 2 aliphatic carbocycles. The van der Waals surface area contributed by atoms with E-state index in [9.17, 15) is 40.8 Å². The van der Waals surface area contributed by atoms with E-state index in [-0.39, 0.29) is 42.0 Å². The minimum Gasteiger partial charge on any atom is -0.494 e. The number of esters is 1. The van der Waals surface area contributed by atoms with Crippen molar-refractivity contribution >= 4 is 44.4 Å². The van der Waals surface area contributed by atoms with Gasteiger partial charge in [0.1, 0.15) is 6.10 Å². The number of carbonyl (C=O) groups is 4. The zero-order valence-corrected chi connectivity index (χ0v) is 34.5. The van der Waals surface area contributed by atoms with Crippen LogP contribution in [0.1, 0.15) is 103 Å². The highest BCUT2D eigenvalue weighted by atomic mass is 32.2. The molecule has 0 bridgehead atoms. The van der Waals surface area contributed by atoms with Gasteiger partial charge < -0.3 is 19.1 Å². The predicted octanol–water partition coefficient (Wildman–Crippen LogP) is 6.99. The number of nitrogens with zero attached hydrogens (tertiary/aromatic N) is 2. The number of aromatic nitrogens is 1. The second kappa shape index (κ2) is 16.3. The first kappa shape index (κ1) is 40.1. The van der Waals surface area contributed by atoms with Gasteiger partial charge in [-0.15, -0.1) is 0 Å². The predicted molar refractivity (Wildman–Crippen MR) is 208 cm³/mol. The lowest BCUT2D eigenvalue weighted by molar-refractivity contribution is -0.257. The number of hydrogen-bond donors (Lipinski definition) is 1. The molecule has 4 aliphatic rings. The highest BCUT2D eigenvalue weighted by Gasteiger charge is 2.63. The highest BCUT2D eigenvalue weighted by Crippen LogP contribution is 2.58. The third kappa shape index (κ3) is 9.09. The Bertz CT molecular complexity index is 2230. The summed E-state index contributed by atoms with van der Waals surface area (Å²) in [7, 11) is -7.04. The van der Waals surface area contributed by atoms with Crippen LogP contribution in [0.2, 0.25) is 0 Å². The number of Topliss-reactive ketones (excluding diaryl/α,β-unsaturated/α-hetero) is 1. The molecule has 2 saturated carbocycles. The molecule has 3 heterocycles. The van der Waals surface area contributed by atoms with E-state index in [1.807, 2.05) is 19.1 Å². The number of hydrogen-bond acceptors (Lipinski definition) is 10. The van der Waals surface area contributed by atoms with Crippen LogP contribution < -0.4 is 14.2 Å². The van der Waals surface area contributed by atoms with E-state index in [0.717, 1.165) is 12.1 Å². The van der Waals surface area contributed by atoms with Crippen LogP contribution in [0.15, 0.2) is 36.5 Å². The summed E-state index contributed by atoms with van der Waals surface area (Å²) >= 11 is 0. The van der Waals surface area contributed by atoms with E-state index in [1.165, 1.54) is 24.1 Å². The van der Waals surface area contributed by atoms with E-state index < -0.39 is 117 Å². The van der Waals surface area contributed by atoms with Crippen molar-refractivity contribution in [2.24, 2.45) is 29.1 Å². The van der Waals surface area contributed by atoms with E-state index in [1.54, 1.807) is 6.92 Å². The molecule has 12 nitrogen and oxygen atoms in total. The van der Waals surface area contributed by atoms with Gasteiger partial charge in [-0.1, -0.05) is 32.4 Å². The van der Waals surface area contributed by atoms with Gasteiger partial charge in [-0.25, -0.2) is 17.8 Å². The maximum absolute atomic E-state index is 15.2. The van der Waals surface area contributed by atoms with Crippen molar-refractivity contribution in [3.8, 4) is 11.6 Å². The van der Waals surface area contributed by atoms with Crippen LogP contribution in [0.25, 0.3) is 10.8 Å². The Kier molecular flexibility index (Phi) is 11.1. The molecule has 1 saturated heterocycles. The summed E-state index contributed by atoms with van der Waals surface area (Å²) < 4.78 is 122. The zero-order valence-electron chi connectivity index (χ0n) is 36.7. The number of sulfonamides is 1. The Morgan fingerprint density at radius 3 is 2.54 bits per heavy atom. The number of methoxy groups -OCH3 is 1. The lowest BCUT2D eigenvalue weighted by Crippen LogP contribution is -2.49. The molecule has 0 spiro atoms. The molecule has 2 aromatic rings. The van der Waals surface area contributed by atoms with E-state index in [4.69, 9.17) is 18.3 Å². The Balaban J connectivity index is 1.38. The number of ketones is 1. The molecule has 7 atom stereocenters. The number of halogens is 4. The lowest BCUT2D eigenvalue weighted by atomic mass is 9.79. The van der Waals surface area contributed by atoms with E-state index in [2.05, 4.69) is 9.71 Å². The molecule has 3 fully saturated rings. The van der Waals surface area contributed by atoms with Crippen molar-refractivity contribution in [1.82, 2.24) is 14.6 Å². The van der Waals surface area contributed by atoms with Crippen LogP contribution in [-0.4, -0.2) is 84.1 Å². The van der Waals surface area contributed by atoms with Crippen molar-refractivity contribution in [3.63, 3.8) is 0 Å². The quantitative estimate of drug-likeness (QED) is 0.150. The number of allylic oxidation sites excluding steroid dienone is 2. The number of nitrogens with one attached hydrogen (secondary N) is 1. The molecule has 6 rings (SSSR count). The number of amides is 2. The number of fused-ring (bicyclic) bond motifs is 3. The SMILES string of the molecule is [2H]C([2H])([2H])Oc1cc2ccnc(O[C@@H]3C[C@H]4C(=O)C[C@]5(C(=O)NS(=O)(=O)C6(C)CC6)C[C@H]5/C=C\CC[C@@H](C)C[C@@H](CC)[C@H](CC(=O)OC(C)(C)C(F)(F)F)C(=O)N4C3)c2cc1F. The van der Waals surface area contributed by atoms with Gasteiger partial charge in [-0.3, -0.25) is 23.9 Å². The van der Waals surface area contributed by atoms with Gasteiger partial charge in [0, 0.05) is 24.4 Å². The Morgan fingerprint density at radius 1 is 1.15 bits per heavy atom. The van der Waals surface area contributed by atoms with Gasteiger partial charge in [0.05, 0.1) is 46.2 Å². The molecule has 17 heteroatoms. The van der Waals surface area contributed by atoms with E-state index >= 15 is 4.39 Å². The highest BCUT2D eigenvalue weighted by molar-refractivity contribution is 7.91. The summed E-state index contributed by atoms with van der Waals surface area (Å²) in [6.07, 6.45) is 0.458. The number of rotatable bonds is 10. The third-order valence-corrected chi connectivity index (χ3v) is 14.9. The summed E-state index contributed by atoms with van der Waals surface area (Å²) in [5, 5.41) is 0.387. The lowest BCUT2D eigenvalue weighted by Gasteiger charge is -2.34. The summed E-state index contributed by atoms with van der Waals surface area (Å²) in [6.45, 7) is 6.38. The molecule has 0 unspecified atom stereocenters. The standard InChI is InChI=1S/C42H53F4N3O9S/c1-7-25-16-24(2)10-8-9-11-27-21-41(27,38(53)48-59(54,55)40(5)13-14-40)22-33(50)32-18-28(57-36-29-19-31(43)34(56-6)17-26(29)12-15-47-36)23-49(32)37(52)30(25)20-35(51)58-39(3,4)42(44,45)46/h9,11-12,15,17,19,24-25,27-28,30,32H,7-8,10,13-14,16,18,20-23H2,1-6H3,(H,48,53)/b11-9-/t24-,25-,27-,28-,30+,32+,41-/m1/s1/i6D3. The summed E-state index contributed by atoms with van der Waals surface area (Å²) in [5.41, 5.74) is -4.34. The first-order chi connectivity index (χ1) is 28.7. The van der Waals surface area contributed by atoms with Gasteiger partial charge in [-0.05, 0) is 101 Å². The topological polar surface area (TPSA) is 158 Å². The Hall–Kier alpha value is -4.28. The molecule has 2 amide bonds. The number of ether oxygens (including phenoxy) is 3. The number of pyridine rings is 1. The van der Waals surface area contributed by atoms with E-state index in [0.29, 0.717) is 52.4 Å². The molecular formula is C42H53F4N3O9S. The average Bonchev–Trinajstić information content (AvgIpc) is 4.04. The fraction of sp³-hybridized carbons (Fsp3) is 0.643. The molecule has 59 heavy (non-hydrogen) atoms. The van der Waals surface area contributed by atoms with Gasteiger partial charge in [0.25, 0.3) is 0 Å². The van der Waals surface area contributed by atoms with Gasteiger partial charge in [0.15, 0.2) is 17.3 Å². The number of alkyl halides is 3. The van der Waals surface area contributed by atoms with Crippen molar-refractivity contribution < 1.29 is 63.5 Å². The van der Waals surface area contributed by atoms with Crippen LogP contribution >= 0.6 is 0 Å². The second-order valence-electron chi connectivity index (χ2n) is 17.5. The van der Waals surface area contributed by atoms with Gasteiger partial charge in [-0.2, -0.15) is 13.2 Å². The maximum atomic E-state index is 15.2. The van der Waals surface area contributed by atoms with Crippen LogP contribution in [0.3, 0.4) is 0 Å². The fourth-order valence-corrected chi connectivity index (χ4v) is 9.72.